The Bertz CT molecular complexity index is 654. The molecular weight excluding hydrogens is 268 g/mol. The van der Waals surface area contributed by atoms with Gasteiger partial charge in [0.1, 0.15) is 11.5 Å². The summed E-state index contributed by atoms with van der Waals surface area (Å²) < 4.78 is 4.98. The average Bonchev–Trinajstić information content (AvgIpc) is 2.47. The second kappa shape index (κ2) is 6.28. The van der Waals surface area contributed by atoms with Crippen LogP contribution in [-0.2, 0) is 0 Å². The monoisotopic (exact) mass is 286 g/mol. The molecule has 4 N–H and O–H groups in total. The van der Waals surface area contributed by atoms with Crippen molar-refractivity contribution in [3.8, 4) is 11.5 Å². The summed E-state index contributed by atoms with van der Waals surface area (Å²) in [5.41, 5.74) is 7.55. The van der Waals surface area contributed by atoms with E-state index in [1.165, 1.54) is 19.2 Å². The van der Waals surface area contributed by atoms with Crippen LogP contribution in [-0.4, -0.2) is 18.1 Å². The SMILES string of the molecule is COc1ccc(C(=O)Nc2cccc(C(C)N)c2)c(O)c1. The fourth-order valence-electron chi connectivity index (χ4n) is 1.93. The van der Waals surface area contributed by atoms with E-state index in [9.17, 15) is 9.90 Å². The zero-order valence-electron chi connectivity index (χ0n) is 12.0. The summed E-state index contributed by atoms with van der Waals surface area (Å²) in [4.78, 5) is 12.2. The molecule has 0 aliphatic heterocycles. The fraction of sp³-hybridized carbons (Fsp3) is 0.188. The van der Waals surface area contributed by atoms with Crippen LogP contribution >= 0.6 is 0 Å². The molecule has 2 aromatic carbocycles. The third-order valence-electron chi connectivity index (χ3n) is 3.12. The maximum atomic E-state index is 12.2. The van der Waals surface area contributed by atoms with Crippen molar-refractivity contribution in [3.05, 3.63) is 53.6 Å². The van der Waals surface area contributed by atoms with E-state index in [0.717, 1.165) is 5.56 Å². The topological polar surface area (TPSA) is 84.6 Å². The van der Waals surface area contributed by atoms with Gasteiger partial charge in [-0.1, -0.05) is 12.1 Å². The Kier molecular flexibility index (Phi) is 4.45. The molecule has 5 heteroatoms. The number of methoxy groups -OCH3 is 1. The zero-order chi connectivity index (χ0) is 15.4. The maximum absolute atomic E-state index is 12.2. The van der Waals surface area contributed by atoms with Gasteiger partial charge in [-0.3, -0.25) is 4.79 Å². The van der Waals surface area contributed by atoms with Crippen LogP contribution in [0.25, 0.3) is 0 Å². The number of aromatic hydroxyl groups is 1. The molecule has 110 valence electrons. The highest BCUT2D eigenvalue weighted by Crippen LogP contribution is 2.24. The first-order chi connectivity index (χ1) is 10.0. The molecule has 1 atom stereocenters. The summed E-state index contributed by atoms with van der Waals surface area (Å²) in [6.07, 6.45) is 0. The van der Waals surface area contributed by atoms with Gasteiger partial charge in [0.25, 0.3) is 5.91 Å². The standard InChI is InChI=1S/C16H18N2O3/c1-10(17)11-4-3-5-12(8-11)18-16(20)14-7-6-13(21-2)9-15(14)19/h3-10,19H,17H2,1-2H3,(H,18,20). The van der Waals surface area contributed by atoms with Crippen molar-refractivity contribution in [1.29, 1.82) is 0 Å². The Balaban J connectivity index is 2.20. The number of phenols is 1. The molecule has 0 saturated heterocycles. The van der Waals surface area contributed by atoms with Crippen molar-refractivity contribution in [2.45, 2.75) is 13.0 Å². The third kappa shape index (κ3) is 3.52. The number of anilines is 1. The van der Waals surface area contributed by atoms with E-state index in [-0.39, 0.29) is 17.4 Å². The van der Waals surface area contributed by atoms with E-state index in [1.54, 1.807) is 12.1 Å². The molecule has 2 aromatic rings. The summed E-state index contributed by atoms with van der Waals surface area (Å²) in [5.74, 6) is -0.0322. The summed E-state index contributed by atoms with van der Waals surface area (Å²) in [5, 5.41) is 12.6. The molecule has 0 radical (unpaired) electrons. The predicted octanol–water partition coefficient (Wildman–Crippen LogP) is 2.67. The van der Waals surface area contributed by atoms with Crippen LogP contribution in [0, 0.1) is 0 Å². The lowest BCUT2D eigenvalue weighted by Gasteiger charge is -2.11. The van der Waals surface area contributed by atoms with Crippen molar-refractivity contribution in [1.82, 2.24) is 0 Å². The number of hydrogen-bond donors (Lipinski definition) is 3. The summed E-state index contributed by atoms with van der Waals surface area (Å²) in [7, 11) is 1.49. The van der Waals surface area contributed by atoms with Crippen molar-refractivity contribution >= 4 is 11.6 Å². The van der Waals surface area contributed by atoms with Gasteiger partial charge in [0, 0.05) is 17.8 Å². The van der Waals surface area contributed by atoms with Gasteiger partial charge in [0.2, 0.25) is 0 Å². The Morgan fingerprint density at radius 3 is 2.67 bits per heavy atom. The van der Waals surface area contributed by atoms with Crippen LogP contribution in [0.2, 0.25) is 0 Å². The molecule has 0 aliphatic carbocycles. The highest BCUT2D eigenvalue weighted by atomic mass is 16.5. The molecule has 21 heavy (non-hydrogen) atoms. The predicted molar refractivity (Wildman–Crippen MR) is 81.7 cm³/mol. The lowest BCUT2D eigenvalue weighted by atomic mass is 10.1. The van der Waals surface area contributed by atoms with Gasteiger partial charge < -0.3 is 20.9 Å². The molecule has 1 amide bonds. The zero-order valence-corrected chi connectivity index (χ0v) is 12.0. The number of carbonyl (C=O) groups is 1. The average molecular weight is 286 g/mol. The van der Waals surface area contributed by atoms with Gasteiger partial charge in [0.05, 0.1) is 12.7 Å². The molecule has 2 rings (SSSR count). The largest absolute Gasteiger partial charge is 0.507 e. The molecule has 1 unspecified atom stereocenters. The van der Waals surface area contributed by atoms with Crippen molar-refractivity contribution < 1.29 is 14.6 Å². The molecule has 0 aromatic heterocycles. The lowest BCUT2D eigenvalue weighted by molar-refractivity contribution is 0.102. The number of carbonyl (C=O) groups excluding carboxylic acids is 1. The highest BCUT2D eigenvalue weighted by molar-refractivity contribution is 6.06. The van der Waals surface area contributed by atoms with Crippen LogP contribution in [0.1, 0.15) is 28.9 Å². The van der Waals surface area contributed by atoms with E-state index >= 15 is 0 Å². The minimum Gasteiger partial charge on any atom is -0.507 e. The Labute approximate surface area is 123 Å². The normalized spacial score (nSPS) is 11.8. The first-order valence-corrected chi connectivity index (χ1v) is 6.55. The van der Waals surface area contributed by atoms with Crippen LogP contribution in [0.5, 0.6) is 11.5 Å². The van der Waals surface area contributed by atoms with Crippen LogP contribution in [0.3, 0.4) is 0 Å². The number of amides is 1. The first kappa shape index (κ1) is 14.9. The summed E-state index contributed by atoms with van der Waals surface area (Å²) in [6, 6.07) is 11.7. The molecule has 0 heterocycles. The maximum Gasteiger partial charge on any atom is 0.259 e. The number of rotatable bonds is 4. The second-order valence-corrected chi connectivity index (χ2v) is 4.75. The van der Waals surface area contributed by atoms with E-state index in [1.807, 2.05) is 25.1 Å². The lowest BCUT2D eigenvalue weighted by Crippen LogP contribution is -2.13. The second-order valence-electron chi connectivity index (χ2n) is 4.75. The Morgan fingerprint density at radius 2 is 2.05 bits per heavy atom. The molecule has 0 spiro atoms. The Hall–Kier alpha value is -2.53. The number of nitrogens with one attached hydrogen (secondary N) is 1. The van der Waals surface area contributed by atoms with Crippen LogP contribution < -0.4 is 15.8 Å². The van der Waals surface area contributed by atoms with Crippen LogP contribution in [0.15, 0.2) is 42.5 Å². The number of ether oxygens (including phenoxy) is 1. The van der Waals surface area contributed by atoms with Gasteiger partial charge in [-0.2, -0.15) is 0 Å². The van der Waals surface area contributed by atoms with Gasteiger partial charge in [-0.15, -0.1) is 0 Å². The molecule has 0 aliphatic rings. The van der Waals surface area contributed by atoms with Crippen molar-refractivity contribution in [2.75, 3.05) is 12.4 Å². The van der Waals surface area contributed by atoms with E-state index in [4.69, 9.17) is 10.5 Å². The minimum absolute atomic E-state index is 0.115. The molecule has 0 saturated carbocycles. The number of nitrogens with two attached hydrogens (primary N) is 1. The van der Waals surface area contributed by atoms with E-state index in [2.05, 4.69) is 5.32 Å². The Morgan fingerprint density at radius 1 is 1.29 bits per heavy atom. The number of phenolic OH excluding ortho intramolecular Hbond substituents is 1. The number of hydrogen-bond acceptors (Lipinski definition) is 4. The highest BCUT2D eigenvalue weighted by Gasteiger charge is 2.12. The minimum atomic E-state index is -0.392. The molecular formula is C16H18N2O3. The first-order valence-electron chi connectivity index (χ1n) is 6.55. The third-order valence-corrected chi connectivity index (χ3v) is 3.12. The molecule has 0 fully saturated rings. The summed E-state index contributed by atoms with van der Waals surface area (Å²) >= 11 is 0. The number of benzene rings is 2. The van der Waals surface area contributed by atoms with Gasteiger partial charge >= 0.3 is 0 Å². The van der Waals surface area contributed by atoms with Crippen LogP contribution in [0.4, 0.5) is 5.69 Å². The molecule has 0 bridgehead atoms. The van der Waals surface area contributed by atoms with Crippen molar-refractivity contribution in [2.24, 2.45) is 5.73 Å². The van der Waals surface area contributed by atoms with Gasteiger partial charge in [-0.25, -0.2) is 0 Å². The quantitative estimate of drug-likeness (QED) is 0.806. The molecule has 5 nitrogen and oxygen atoms in total. The van der Waals surface area contributed by atoms with Crippen molar-refractivity contribution in [3.63, 3.8) is 0 Å². The van der Waals surface area contributed by atoms with E-state index in [0.29, 0.717) is 11.4 Å². The van der Waals surface area contributed by atoms with Gasteiger partial charge in [0.15, 0.2) is 0 Å². The van der Waals surface area contributed by atoms with Gasteiger partial charge in [-0.05, 0) is 36.8 Å². The van der Waals surface area contributed by atoms with E-state index < -0.39 is 5.91 Å². The summed E-state index contributed by atoms with van der Waals surface area (Å²) in [6.45, 7) is 1.87. The fourth-order valence-corrected chi connectivity index (χ4v) is 1.93. The smallest absolute Gasteiger partial charge is 0.259 e.